The maximum absolute atomic E-state index is 15.4. The molecular formula is C41H12BF20NOS. The summed E-state index contributed by atoms with van der Waals surface area (Å²) in [5, 5.41) is 2.31. The molecule has 0 aliphatic rings. The number of hydrogen-bond acceptors (Lipinski definition) is 2. The number of nitrogens with zero attached hydrogens (tertiary/aromatic N) is 1. The SMILES string of the molecule is Fc1c(F)c(F)c([B-](c2c(F)c(F)c(F)c(F)c2F)(c2c(F)c(F)c(F)c(F)c2F)c2c(F)c(F)c(F)c(F)c2F)c(F)c1F.c1ccc2c(O[n+]3csc4ccccc43)cccc2c1. The van der Waals surface area contributed by atoms with Gasteiger partial charge in [-0.2, -0.15) is 0 Å². The Morgan fingerprint density at radius 1 is 0.338 bits per heavy atom. The second kappa shape index (κ2) is 16.9. The fourth-order valence-electron chi connectivity index (χ4n) is 7.23. The van der Waals surface area contributed by atoms with Gasteiger partial charge in [-0.1, -0.05) is 59.9 Å². The monoisotopic (exact) mass is 957 g/mol. The average molecular weight is 957 g/mol. The third kappa shape index (κ3) is 6.95. The molecule has 336 valence electrons. The van der Waals surface area contributed by atoms with E-state index in [0.717, 1.165) is 16.7 Å². The molecule has 0 aliphatic heterocycles. The first-order valence-corrected chi connectivity index (χ1v) is 18.3. The second-order valence-corrected chi connectivity index (χ2v) is 14.3. The Morgan fingerprint density at radius 2 is 0.646 bits per heavy atom. The summed E-state index contributed by atoms with van der Waals surface area (Å²) in [6.07, 6.45) is -7.22. The van der Waals surface area contributed by atoms with E-state index < -0.39 is 144 Å². The number of halogens is 20. The predicted octanol–water partition coefficient (Wildman–Crippen LogP) is 10.0. The molecule has 65 heavy (non-hydrogen) atoms. The van der Waals surface area contributed by atoms with Crippen molar-refractivity contribution in [1.82, 2.24) is 0 Å². The molecule has 0 N–H and O–H groups in total. The number of thiazole rings is 1. The summed E-state index contributed by atoms with van der Waals surface area (Å²) >= 11 is 1.68. The van der Waals surface area contributed by atoms with Crippen molar-refractivity contribution in [2.75, 3.05) is 0 Å². The molecule has 0 unspecified atom stereocenters. The molecule has 0 aliphatic carbocycles. The highest BCUT2D eigenvalue weighted by molar-refractivity contribution is 7.20. The zero-order chi connectivity index (χ0) is 47.7. The molecular weight excluding hydrogens is 945 g/mol. The van der Waals surface area contributed by atoms with Gasteiger partial charge in [-0.3, -0.25) is 0 Å². The number of para-hydroxylation sites is 1. The zero-order valence-corrected chi connectivity index (χ0v) is 31.6. The molecule has 2 nitrogen and oxygen atoms in total. The van der Waals surface area contributed by atoms with E-state index in [-0.39, 0.29) is 0 Å². The minimum absolute atomic E-state index is 0.872. The van der Waals surface area contributed by atoms with Gasteiger partial charge in [-0.25, -0.2) is 92.6 Å². The van der Waals surface area contributed by atoms with Gasteiger partial charge in [0, 0.05) is 16.2 Å². The third-order valence-electron chi connectivity index (χ3n) is 10.0. The topological polar surface area (TPSA) is 13.1 Å². The molecule has 8 aromatic rings. The van der Waals surface area contributed by atoms with Crippen LogP contribution in [0.5, 0.6) is 5.75 Å². The van der Waals surface area contributed by atoms with E-state index in [9.17, 15) is 52.7 Å². The van der Waals surface area contributed by atoms with Crippen LogP contribution in [0, 0.1) is 116 Å². The van der Waals surface area contributed by atoms with Gasteiger partial charge in [-0.05, 0) is 17.5 Å². The van der Waals surface area contributed by atoms with E-state index >= 15 is 35.1 Å². The maximum Gasteiger partial charge on any atom is 0.278 e. The minimum Gasteiger partial charge on any atom is -0.229 e. The van der Waals surface area contributed by atoms with E-state index in [1.54, 1.807) is 11.3 Å². The van der Waals surface area contributed by atoms with Crippen molar-refractivity contribution in [1.29, 1.82) is 0 Å². The lowest BCUT2D eigenvalue weighted by Gasteiger charge is -2.44. The van der Waals surface area contributed by atoms with Crippen molar-refractivity contribution in [3.63, 3.8) is 0 Å². The third-order valence-corrected chi connectivity index (χ3v) is 10.9. The number of aromatic nitrogens is 1. The zero-order valence-electron chi connectivity index (χ0n) is 30.8. The van der Waals surface area contributed by atoms with E-state index in [1.165, 1.54) is 10.1 Å². The van der Waals surface area contributed by atoms with Crippen LogP contribution < -0.4 is 31.4 Å². The average Bonchev–Trinajstić information content (AvgIpc) is 3.71. The summed E-state index contributed by atoms with van der Waals surface area (Å²) in [6, 6.07) is 22.6. The Morgan fingerprint density at radius 3 is 1.03 bits per heavy atom. The van der Waals surface area contributed by atoms with Gasteiger partial charge in [0.25, 0.3) is 11.0 Å². The van der Waals surface area contributed by atoms with Crippen molar-refractivity contribution in [3.8, 4) is 5.75 Å². The minimum atomic E-state index is -7.22. The Hall–Kier alpha value is -6.85. The van der Waals surface area contributed by atoms with E-state index in [4.69, 9.17) is 4.84 Å². The summed E-state index contributed by atoms with van der Waals surface area (Å²) in [5.41, 5.74) is -11.2. The van der Waals surface area contributed by atoms with Crippen LogP contribution in [0.25, 0.3) is 21.0 Å². The van der Waals surface area contributed by atoms with Gasteiger partial charge < -0.3 is 0 Å². The fraction of sp³-hybridized carbons (Fsp3) is 0. The molecule has 0 bridgehead atoms. The molecule has 1 heterocycles. The van der Waals surface area contributed by atoms with Crippen molar-refractivity contribution >= 4 is 60.3 Å². The lowest BCUT2D eigenvalue weighted by molar-refractivity contribution is -0.851. The van der Waals surface area contributed by atoms with Gasteiger partial charge >= 0.3 is 0 Å². The molecule has 1 aromatic heterocycles. The van der Waals surface area contributed by atoms with Gasteiger partial charge in [0.2, 0.25) is 5.75 Å². The van der Waals surface area contributed by atoms with E-state index in [1.807, 2.05) is 46.6 Å². The number of benzene rings is 7. The standard InChI is InChI=1S/C24BF20.C17H12NOS/c26-5-1(6(27)14(35)21(42)13(5)34)25(2-7(28)15(36)22(43)16(37)8(2)29,3-9(30)17(38)23(44)18(39)10(3)31)4-11(32)19(40)24(45)20(41)12(4)33;1-2-8-14-13(6-1)7-5-10-16(14)19-18-12-20-17-11-4-3-9-15(17)18/h;1-12H/q-1;+1. The van der Waals surface area contributed by atoms with Crippen LogP contribution in [0.1, 0.15) is 0 Å². The lowest BCUT2D eigenvalue weighted by atomic mass is 9.12. The number of fused-ring (bicyclic) bond motifs is 2. The largest absolute Gasteiger partial charge is 0.278 e. The van der Waals surface area contributed by atoms with Crippen LogP contribution in [-0.4, -0.2) is 6.15 Å². The highest BCUT2D eigenvalue weighted by Crippen LogP contribution is 2.31. The lowest BCUT2D eigenvalue weighted by Crippen LogP contribution is -2.81. The molecule has 8 rings (SSSR count). The van der Waals surface area contributed by atoms with Crippen LogP contribution in [0.4, 0.5) is 87.8 Å². The van der Waals surface area contributed by atoms with E-state index in [0.29, 0.717) is 0 Å². The Bertz CT molecular complexity index is 2880. The predicted molar refractivity (Wildman–Crippen MR) is 191 cm³/mol. The highest BCUT2D eigenvalue weighted by Gasteiger charge is 2.52. The van der Waals surface area contributed by atoms with Crippen LogP contribution >= 0.6 is 11.3 Å². The first-order chi connectivity index (χ1) is 30.6. The van der Waals surface area contributed by atoms with Crippen molar-refractivity contribution in [2.45, 2.75) is 0 Å². The molecule has 7 aromatic carbocycles. The van der Waals surface area contributed by atoms with Gasteiger partial charge in [0.15, 0.2) is 69.8 Å². The normalized spacial score (nSPS) is 11.7. The summed E-state index contributed by atoms with van der Waals surface area (Å²) in [7, 11) is 0. The molecule has 0 atom stereocenters. The second-order valence-electron chi connectivity index (χ2n) is 13.4. The highest BCUT2D eigenvalue weighted by atomic mass is 32.1. The van der Waals surface area contributed by atoms with Crippen LogP contribution in [0.3, 0.4) is 0 Å². The van der Waals surface area contributed by atoms with Crippen molar-refractivity contribution in [2.24, 2.45) is 0 Å². The molecule has 0 saturated heterocycles. The maximum atomic E-state index is 15.4. The Labute approximate surface area is 351 Å². The summed E-state index contributed by atoms with van der Waals surface area (Å²) in [5.74, 6) is -70.5. The molecule has 0 amide bonds. The first kappa shape index (κ1) is 46.2. The van der Waals surface area contributed by atoms with Gasteiger partial charge in [0.1, 0.15) is 57.4 Å². The summed E-state index contributed by atoms with van der Waals surface area (Å²) in [4.78, 5) is 6.07. The molecule has 24 heteroatoms. The smallest absolute Gasteiger partial charge is 0.229 e. The Balaban J connectivity index is 0.000000258. The Kier molecular flexibility index (Phi) is 12.0. The first-order valence-electron chi connectivity index (χ1n) is 17.4. The molecule has 0 saturated carbocycles. The molecule has 0 radical (unpaired) electrons. The van der Waals surface area contributed by atoms with Crippen LogP contribution in [0.2, 0.25) is 0 Å². The van der Waals surface area contributed by atoms with Crippen LogP contribution in [0.15, 0.2) is 72.2 Å². The summed E-state index contributed by atoms with van der Waals surface area (Å²) in [6.45, 7) is 0. The summed E-state index contributed by atoms with van der Waals surface area (Å²) < 4.78 is 297. The van der Waals surface area contributed by atoms with Crippen molar-refractivity contribution < 1.29 is 97.4 Å². The van der Waals surface area contributed by atoms with Gasteiger partial charge in [-0.15, -0.1) is 21.9 Å². The van der Waals surface area contributed by atoms with E-state index in [2.05, 4.69) is 30.3 Å². The quantitative estimate of drug-likeness (QED) is 0.0532. The van der Waals surface area contributed by atoms with Gasteiger partial charge in [0.05, 0.1) is 0 Å². The molecule has 0 fully saturated rings. The van der Waals surface area contributed by atoms with Crippen LogP contribution in [-0.2, 0) is 0 Å². The molecule has 0 spiro atoms. The number of rotatable bonds is 6. The number of hydrogen-bond donors (Lipinski definition) is 0. The van der Waals surface area contributed by atoms with Crippen molar-refractivity contribution in [3.05, 3.63) is 189 Å². The fourth-order valence-corrected chi connectivity index (χ4v) is 8.03.